The van der Waals surface area contributed by atoms with Crippen molar-refractivity contribution in [3.05, 3.63) is 30.6 Å². The molecule has 0 atom stereocenters. The van der Waals surface area contributed by atoms with Crippen LogP contribution in [0.4, 0.5) is 5.69 Å². The molecular formula is C15H22N4. The average molecular weight is 258 g/mol. The lowest BCUT2D eigenvalue weighted by molar-refractivity contribution is 0.685. The van der Waals surface area contributed by atoms with Crippen molar-refractivity contribution in [2.75, 3.05) is 11.9 Å². The van der Waals surface area contributed by atoms with E-state index in [1.165, 1.54) is 25.7 Å². The van der Waals surface area contributed by atoms with Crippen molar-refractivity contribution in [1.82, 2.24) is 14.8 Å². The predicted octanol–water partition coefficient (Wildman–Crippen LogP) is 3.47. The molecule has 0 unspecified atom stereocenters. The molecule has 0 spiro atoms. The van der Waals surface area contributed by atoms with Crippen LogP contribution < -0.4 is 5.32 Å². The molecular weight excluding hydrogens is 236 g/mol. The number of benzene rings is 1. The lowest BCUT2D eigenvalue weighted by Crippen LogP contribution is -2.04. The van der Waals surface area contributed by atoms with E-state index >= 15 is 0 Å². The molecule has 0 saturated heterocycles. The van der Waals surface area contributed by atoms with Crippen molar-refractivity contribution in [1.29, 1.82) is 0 Å². The van der Waals surface area contributed by atoms with Crippen LogP contribution in [0.25, 0.3) is 11.4 Å². The fourth-order valence-corrected chi connectivity index (χ4v) is 2.13. The summed E-state index contributed by atoms with van der Waals surface area (Å²) in [6, 6.07) is 8.27. The normalized spacial score (nSPS) is 10.6. The largest absolute Gasteiger partial charge is 0.384 e. The van der Waals surface area contributed by atoms with E-state index < -0.39 is 0 Å². The summed E-state index contributed by atoms with van der Waals surface area (Å²) in [6.07, 6.45) is 6.81. The minimum absolute atomic E-state index is 0.900. The molecule has 0 fully saturated rings. The molecule has 0 aliphatic carbocycles. The molecule has 2 rings (SSSR count). The summed E-state index contributed by atoms with van der Waals surface area (Å²) in [6.45, 7) is 3.24. The maximum atomic E-state index is 4.18. The van der Waals surface area contributed by atoms with Crippen LogP contribution in [0.1, 0.15) is 32.6 Å². The molecule has 2 aromatic rings. The summed E-state index contributed by atoms with van der Waals surface area (Å²) >= 11 is 0. The molecule has 19 heavy (non-hydrogen) atoms. The zero-order valence-electron chi connectivity index (χ0n) is 11.8. The lowest BCUT2D eigenvalue weighted by atomic mass is 10.1. The van der Waals surface area contributed by atoms with Gasteiger partial charge in [-0.25, -0.2) is 0 Å². The van der Waals surface area contributed by atoms with Crippen LogP contribution in [-0.2, 0) is 7.05 Å². The predicted molar refractivity (Wildman–Crippen MR) is 79.1 cm³/mol. The van der Waals surface area contributed by atoms with Crippen LogP contribution in [-0.4, -0.2) is 21.3 Å². The minimum Gasteiger partial charge on any atom is -0.384 e. The van der Waals surface area contributed by atoms with Gasteiger partial charge in [-0.15, -0.1) is 10.2 Å². The number of hydrogen-bond acceptors (Lipinski definition) is 3. The zero-order valence-corrected chi connectivity index (χ0v) is 11.8. The Bertz CT molecular complexity index is 504. The van der Waals surface area contributed by atoms with E-state index in [9.17, 15) is 0 Å². The highest BCUT2D eigenvalue weighted by atomic mass is 15.2. The molecule has 1 N–H and O–H groups in total. The summed E-state index contributed by atoms with van der Waals surface area (Å²) in [5, 5.41) is 11.6. The minimum atomic E-state index is 0.900. The van der Waals surface area contributed by atoms with Gasteiger partial charge in [0.05, 0.1) is 0 Å². The Morgan fingerprint density at radius 2 is 2.00 bits per heavy atom. The summed E-state index contributed by atoms with van der Waals surface area (Å²) in [5.74, 6) is 0.900. The molecule has 1 heterocycles. The average Bonchev–Trinajstić information content (AvgIpc) is 2.85. The van der Waals surface area contributed by atoms with E-state index in [0.29, 0.717) is 0 Å². The number of aryl methyl sites for hydroxylation is 1. The van der Waals surface area contributed by atoms with Gasteiger partial charge in [-0.1, -0.05) is 38.3 Å². The van der Waals surface area contributed by atoms with Crippen molar-refractivity contribution in [2.45, 2.75) is 32.6 Å². The number of unbranched alkanes of at least 4 members (excludes halogenated alkanes) is 3. The molecule has 1 aromatic carbocycles. The first-order valence-electron chi connectivity index (χ1n) is 7.00. The third kappa shape index (κ3) is 3.56. The summed E-state index contributed by atoms with van der Waals surface area (Å²) in [7, 11) is 1.97. The second-order valence-corrected chi connectivity index (χ2v) is 4.80. The fourth-order valence-electron chi connectivity index (χ4n) is 2.13. The molecule has 1 aromatic heterocycles. The van der Waals surface area contributed by atoms with Gasteiger partial charge in [0.2, 0.25) is 0 Å². The van der Waals surface area contributed by atoms with E-state index in [4.69, 9.17) is 0 Å². The molecule has 4 nitrogen and oxygen atoms in total. The van der Waals surface area contributed by atoms with Crippen LogP contribution in [0.3, 0.4) is 0 Å². The van der Waals surface area contributed by atoms with Gasteiger partial charge in [0, 0.05) is 24.8 Å². The Morgan fingerprint density at radius 1 is 1.16 bits per heavy atom. The zero-order chi connectivity index (χ0) is 13.5. The standard InChI is InChI=1S/C15H22N4/c1-3-4-5-8-11-16-14-10-7-6-9-13(14)15-18-17-12-19(15)2/h6-7,9-10,12,16H,3-5,8,11H2,1-2H3. The third-order valence-corrected chi connectivity index (χ3v) is 3.23. The molecule has 0 amide bonds. The monoisotopic (exact) mass is 258 g/mol. The van der Waals surface area contributed by atoms with E-state index in [-0.39, 0.29) is 0 Å². The van der Waals surface area contributed by atoms with Crippen molar-refractivity contribution in [2.24, 2.45) is 7.05 Å². The highest BCUT2D eigenvalue weighted by Gasteiger charge is 2.08. The van der Waals surface area contributed by atoms with Crippen molar-refractivity contribution in [3.8, 4) is 11.4 Å². The summed E-state index contributed by atoms with van der Waals surface area (Å²) < 4.78 is 1.94. The van der Waals surface area contributed by atoms with E-state index in [0.717, 1.165) is 23.6 Å². The lowest BCUT2D eigenvalue weighted by Gasteiger charge is -2.11. The maximum Gasteiger partial charge on any atom is 0.165 e. The second-order valence-electron chi connectivity index (χ2n) is 4.80. The molecule has 0 aliphatic heterocycles. The van der Waals surface area contributed by atoms with Gasteiger partial charge in [-0.2, -0.15) is 0 Å². The Kier molecular flexibility index (Phi) is 4.95. The van der Waals surface area contributed by atoms with E-state index in [1.54, 1.807) is 6.33 Å². The van der Waals surface area contributed by atoms with Gasteiger partial charge in [-0.3, -0.25) is 0 Å². The second kappa shape index (κ2) is 6.92. The quantitative estimate of drug-likeness (QED) is 0.773. The van der Waals surface area contributed by atoms with Gasteiger partial charge in [0.1, 0.15) is 6.33 Å². The number of nitrogens with one attached hydrogen (secondary N) is 1. The number of nitrogens with zero attached hydrogens (tertiary/aromatic N) is 3. The van der Waals surface area contributed by atoms with Crippen LogP contribution in [0, 0.1) is 0 Å². The molecule has 0 aliphatic rings. The molecule has 0 radical (unpaired) electrons. The van der Waals surface area contributed by atoms with Crippen molar-refractivity contribution in [3.63, 3.8) is 0 Å². The third-order valence-electron chi connectivity index (χ3n) is 3.23. The van der Waals surface area contributed by atoms with Gasteiger partial charge in [0.25, 0.3) is 0 Å². The number of para-hydroxylation sites is 1. The van der Waals surface area contributed by atoms with E-state index in [2.05, 4.69) is 34.6 Å². The van der Waals surface area contributed by atoms with Gasteiger partial charge in [0.15, 0.2) is 5.82 Å². The molecule has 0 bridgehead atoms. The number of hydrogen-bond donors (Lipinski definition) is 1. The Morgan fingerprint density at radius 3 is 2.74 bits per heavy atom. The first-order chi connectivity index (χ1) is 9.33. The molecule has 4 heteroatoms. The van der Waals surface area contributed by atoms with Gasteiger partial charge >= 0.3 is 0 Å². The van der Waals surface area contributed by atoms with Crippen LogP contribution in [0.2, 0.25) is 0 Å². The highest BCUT2D eigenvalue weighted by Crippen LogP contribution is 2.25. The fraction of sp³-hybridized carbons (Fsp3) is 0.467. The summed E-state index contributed by atoms with van der Waals surface area (Å²) in [5.41, 5.74) is 2.24. The summed E-state index contributed by atoms with van der Waals surface area (Å²) in [4.78, 5) is 0. The van der Waals surface area contributed by atoms with Crippen LogP contribution >= 0.6 is 0 Å². The number of aromatic nitrogens is 3. The van der Waals surface area contributed by atoms with Crippen LogP contribution in [0.5, 0.6) is 0 Å². The number of anilines is 1. The Balaban J connectivity index is 2.03. The number of rotatable bonds is 7. The Labute approximate surface area is 114 Å². The van der Waals surface area contributed by atoms with Crippen molar-refractivity contribution >= 4 is 5.69 Å². The van der Waals surface area contributed by atoms with Crippen LogP contribution in [0.15, 0.2) is 30.6 Å². The molecule has 0 saturated carbocycles. The Hall–Kier alpha value is -1.84. The molecule has 102 valence electrons. The van der Waals surface area contributed by atoms with Gasteiger partial charge < -0.3 is 9.88 Å². The SMILES string of the molecule is CCCCCCNc1ccccc1-c1nncn1C. The maximum absolute atomic E-state index is 4.18. The topological polar surface area (TPSA) is 42.7 Å². The van der Waals surface area contributed by atoms with E-state index in [1.807, 2.05) is 23.7 Å². The smallest absolute Gasteiger partial charge is 0.165 e. The highest BCUT2D eigenvalue weighted by molar-refractivity contribution is 5.73. The first-order valence-corrected chi connectivity index (χ1v) is 7.00. The van der Waals surface area contributed by atoms with Gasteiger partial charge in [-0.05, 0) is 18.6 Å². The van der Waals surface area contributed by atoms with Crippen molar-refractivity contribution < 1.29 is 0 Å². The first kappa shape index (κ1) is 13.6.